The number of hydrogen-bond acceptors (Lipinski definition) is 6. The largest absolute Gasteiger partial charge is 0.380 e. The predicted octanol–water partition coefficient (Wildman–Crippen LogP) is 2.82. The molecule has 4 amide bonds. The third kappa shape index (κ3) is 3.78. The number of nitrogens with one attached hydrogen (secondary N) is 2. The van der Waals surface area contributed by atoms with Crippen molar-refractivity contribution in [2.24, 2.45) is 5.41 Å². The summed E-state index contributed by atoms with van der Waals surface area (Å²) < 4.78 is 14.9. The Kier molecular flexibility index (Phi) is 5.40. The molecule has 1 aliphatic carbocycles. The topological polar surface area (TPSA) is 98.8 Å². The molecule has 0 radical (unpaired) electrons. The van der Waals surface area contributed by atoms with Crippen molar-refractivity contribution < 1.29 is 23.6 Å². The lowest BCUT2D eigenvalue weighted by Gasteiger charge is -2.56. The van der Waals surface area contributed by atoms with Crippen LogP contribution < -0.4 is 10.6 Å². The minimum Gasteiger partial charge on any atom is -0.380 e. The van der Waals surface area contributed by atoms with Crippen LogP contribution in [-0.4, -0.2) is 52.6 Å². The van der Waals surface area contributed by atoms with Crippen LogP contribution in [0.4, 0.5) is 10.1 Å². The van der Waals surface area contributed by atoms with Gasteiger partial charge >= 0.3 is 0 Å². The second kappa shape index (κ2) is 8.51. The summed E-state index contributed by atoms with van der Waals surface area (Å²) in [7, 11) is 0. The number of carbonyl (C=O) groups excluding carboxylic acids is 4. The number of piperidine rings is 1. The van der Waals surface area contributed by atoms with Gasteiger partial charge in [0.1, 0.15) is 11.9 Å². The van der Waals surface area contributed by atoms with Gasteiger partial charge < -0.3 is 5.32 Å². The molecule has 2 aromatic rings. The fourth-order valence-electron chi connectivity index (χ4n) is 5.95. The third-order valence-electron chi connectivity index (χ3n) is 7.99. The summed E-state index contributed by atoms with van der Waals surface area (Å²) >= 11 is 0. The van der Waals surface area contributed by atoms with E-state index in [9.17, 15) is 23.6 Å². The van der Waals surface area contributed by atoms with Gasteiger partial charge in [0.15, 0.2) is 0 Å². The van der Waals surface area contributed by atoms with E-state index in [-0.39, 0.29) is 36.3 Å². The molecule has 6 rings (SSSR count). The SMILES string of the molecule is O=C1CCC(N2C(=O)c3cccc(NCc4ccc(CN5CC6(CCC6)C5)cc4F)c3C2=O)C(=O)N1. The molecule has 9 heteroatoms. The van der Waals surface area contributed by atoms with E-state index >= 15 is 0 Å². The molecule has 1 atom stereocenters. The Morgan fingerprint density at radius 2 is 1.86 bits per heavy atom. The number of fused-ring (bicyclic) bond motifs is 1. The van der Waals surface area contributed by atoms with Crippen molar-refractivity contribution >= 4 is 29.3 Å². The average molecular weight is 491 g/mol. The number of nitrogens with zero attached hydrogens (tertiary/aromatic N) is 2. The van der Waals surface area contributed by atoms with Gasteiger partial charge in [0.25, 0.3) is 11.8 Å². The van der Waals surface area contributed by atoms with Crippen molar-refractivity contribution in [3.05, 3.63) is 64.5 Å². The molecule has 1 saturated carbocycles. The Morgan fingerprint density at radius 3 is 2.56 bits per heavy atom. The number of rotatable bonds is 6. The van der Waals surface area contributed by atoms with Gasteiger partial charge in [-0.25, -0.2) is 4.39 Å². The summed E-state index contributed by atoms with van der Waals surface area (Å²) in [5.41, 5.74) is 2.66. The average Bonchev–Trinajstić information content (AvgIpc) is 3.05. The quantitative estimate of drug-likeness (QED) is 0.605. The van der Waals surface area contributed by atoms with Crippen LogP contribution in [0.2, 0.25) is 0 Å². The van der Waals surface area contributed by atoms with E-state index in [1.165, 1.54) is 25.3 Å². The molecular formula is C27H27FN4O4. The number of benzene rings is 2. The lowest BCUT2D eigenvalue weighted by molar-refractivity contribution is -0.136. The van der Waals surface area contributed by atoms with Crippen molar-refractivity contribution in [2.45, 2.75) is 51.2 Å². The summed E-state index contributed by atoms with van der Waals surface area (Å²) in [6, 6.07) is 9.05. The number of hydrogen-bond donors (Lipinski definition) is 2. The molecule has 36 heavy (non-hydrogen) atoms. The first kappa shape index (κ1) is 22.8. The van der Waals surface area contributed by atoms with Crippen LogP contribution >= 0.6 is 0 Å². The van der Waals surface area contributed by atoms with Crippen LogP contribution in [0.15, 0.2) is 36.4 Å². The van der Waals surface area contributed by atoms with Crippen LogP contribution in [0.3, 0.4) is 0 Å². The first-order chi connectivity index (χ1) is 17.3. The van der Waals surface area contributed by atoms with Gasteiger partial charge in [-0.15, -0.1) is 0 Å². The van der Waals surface area contributed by atoms with E-state index in [2.05, 4.69) is 15.5 Å². The number of anilines is 1. The Labute approximate surface area is 207 Å². The standard InChI is InChI=1S/C27H27FN4O4/c28-19-11-16(13-31-14-27(15-31)9-2-10-27)5-6-17(19)12-29-20-4-1-3-18-23(20)26(36)32(25(18)35)21-7-8-22(33)30-24(21)34/h1,3-6,11,21,29H,2,7-10,12-15H2,(H,30,33,34). The number of halogens is 1. The van der Waals surface area contributed by atoms with E-state index in [1.807, 2.05) is 6.07 Å². The lowest BCUT2D eigenvalue weighted by Crippen LogP contribution is -2.58. The van der Waals surface area contributed by atoms with E-state index in [0.29, 0.717) is 16.7 Å². The van der Waals surface area contributed by atoms with Crippen LogP contribution in [0.5, 0.6) is 0 Å². The Morgan fingerprint density at radius 1 is 1.06 bits per heavy atom. The second-order valence-electron chi connectivity index (χ2n) is 10.5. The minimum absolute atomic E-state index is 0.0584. The molecule has 3 aliphatic heterocycles. The van der Waals surface area contributed by atoms with Gasteiger partial charge in [-0.05, 0) is 48.4 Å². The number of likely N-dealkylation sites (tertiary alicyclic amines) is 1. The van der Waals surface area contributed by atoms with Gasteiger partial charge in [-0.3, -0.25) is 34.3 Å². The number of imide groups is 2. The zero-order valence-electron chi connectivity index (χ0n) is 19.8. The van der Waals surface area contributed by atoms with Crippen molar-refractivity contribution in [2.75, 3.05) is 18.4 Å². The van der Waals surface area contributed by atoms with Gasteiger partial charge in [-0.1, -0.05) is 24.6 Å². The van der Waals surface area contributed by atoms with Crippen LogP contribution in [0.1, 0.15) is 63.9 Å². The Balaban J connectivity index is 1.14. The van der Waals surface area contributed by atoms with Crippen molar-refractivity contribution in [3.8, 4) is 0 Å². The molecule has 2 N–H and O–H groups in total. The fraction of sp³-hybridized carbons (Fsp3) is 0.407. The highest BCUT2D eigenvalue weighted by molar-refractivity contribution is 6.25. The van der Waals surface area contributed by atoms with E-state index < -0.39 is 29.7 Å². The molecule has 2 saturated heterocycles. The van der Waals surface area contributed by atoms with Crippen molar-refractivity contribution in [3.63, 3.8) is 0 Å². The monoisotopic (exact) mass is 490 g/mol. The summed E-state index contributed by atoms with van der Waals surface area (Å²) in [6.07, 6.45) is 4.09. The maximum absolute atomic E-state index is 14.9. The van der Waals surface area contributed by atoms with Gasteiger partial charge in [-0.2, -0.15) is 0 Å². The summed E-state index contributed by atoms with van der Waals surface area (Å²) in [5.74, 6) is -2.56. The Bertz CT molecular complexity index is 1300. The maximum atomic E-state index is 14.9. The third-order valence-corrected chi connectivity index (χ3v) is 7.99. The van der Waals surface area contributed by atoms with E-state index in [4.69, 9.17) is 0 Å². The Hall–Kier alpha value is -3.59. The fourth-order valence-corrected chi connectivity index (χ4v) is 5.95. The van der Waals surface area contributed by atoms with Gasteiger partial charge in [0.05, 0.1) is 11.1 Å². The first-order valence-corrected chi connectivity index (χ1v) is 12.4. The van der Waals surface area contributed by atoms with Crippen LogP contribution in [0, 0.1) is 11.2 Å². The minimum atomic E-state index is -1.03. The number of carbonyl (C=O) groups is 4. The molecule has 1 spiro atoms. The van der Waals surface area contributed by atoms with Gasteiger partial charge in [0, 0.05) is 43.9 Å². The summed E-state index contributed by atoms with van der Waals surface area (Å²) in [5, 5.41) is 5.29. The molecule has 1 unspecified atom stereocenters. The highest BCUT2D eigenvalue weighted by Gasteiger charge is 2.47. The van der Waals surface area contributed by atoms with E-state index in [1.54, 1.807) is 24.3 Å². The van der Waals surface area contributed by atoms with Crippen LogP contribution in [-0.2, 0) is 22.7 Å². The summed E-state index contributed by atoms with van der Waals surface area (Å²) in [6.45, 7) is 3.07. The van der Waals surface area contributed by atoms with Crippen LogP contribution in [0.25, 0.3) is 0 Å². The van der Waals surface area contributed by atoms with Crippen molar-refractivity contribution in [1.82, 2.24) is 15.1 Å². The highest BCUT2D eigenvalue weighted by Crippen LogP contribution is 2.48. The molecule has 3 heterocycles. The number of amides is 4. The normalized spacial score (nSPS) is 22.8. The summed E-state index contributed by atoms with van der Waals surface area (Å²) in [4.78, 5) is 53.3. The first-order valence-electron chi connectivity index (χ1n) is 12.4. The molecule has 0 bridgehead atoms. The molecule has 0 aromatic heterocycles. The molecule has 186 valence electrons. The van der Waals surface area contributed by atoms with Crippen molar-refractivity contribution in [1.29, 1.82) is 0 Å². The molecule has 2 aromatic carbocycles. The maximum Gasteiger partial charge on any atom is 0.264 e. The van der Waals surface area contributed by atoms with E-state index in [0.717, 1.165) is 30.1 Å². The zero-order chi connectivity index (χ0) is 25.0. The molecule has 3 fully saturated rings. The molecule has 8 nitrogen and oxygen atoms in total. The smallest absolute Gasteiger partial charge is 0.264 e. The second-order valence-corrected chi connectivity index (χ2v) is 10.5. The zero-order valence-corrected chi connectivity index (χ0v) is 19.8. The highest BCUT2D eigenvalue weighted by atomic mass is 19.1. The predicted molar refractivity (Wildman–Crippen MR) is 128 cm³/mol. The molecule has 4 aliphatic rings. The molecular weight excluding hydrogens is 463 g/mol. The van der Waals surface area contributed by atoms with Gasteiger partial charge in [0.2, 0.25) is 11.8 Å². The lowest BCUT2D eigenvalue weighted by atomic mass is 9.63.